The predicted molar refractivity (Wildman–Crippen MR) is 58.6 cm³/mol. The van der Waals surface area contributed by atoms with Crippen molar-refractivity contribution in [3.63, 3.8) is 0 Å². The number of aryl methyl sites for hydroxylation is 1. The Labute approximate surface area is 89.8 Å². The quantitative estimate of drug-likeness (QED) is 0.726. The third kappa shape index (κ3) is 4.58. The average molecular weight is 224 g/mol. The van der Waals surface area contributed by atoms with Gasteiger partial charge in [0.15, 0.2) is 0 Å². The molecule has 0 aromatic carbocycles. The first-order valence-electron chi connectivity index (χ1n) is 4.44. The van der Waals surface area contributed by atoms with Gasteiger partial charge in [-0.15, -0.1) is 6.42 Å². The Hall–Kier alpha value is -1.38. The van der Waals surface area contributed by atoms with Gasteiger partial charge in [0.05, 0.1) is 12.3 Å². The standard InChI is InChI=1S/C10H12N2O2S/c1-2-6-12-15(13,14)9-5-10-3-7-11-8-4-10/h1,3-4,7-8,12H,5-6,9H2. The molecule has 0 bridgehead atoms. The summed E-state index contributed by atoms with van der Waals surface area (Å²) in [6, 6.07) is 3.58. The van der Waals surface area contributed by atoms with E-state index in [1.807, 2.05) is 0 Å². The summed E-state index contributed by atoms with van der Waals surface area (Å²) in [7, 11) is -3.25. The van der Waals surface area contributed by atoms with Crippen molar-refractivity contribution in [1.82, 2.24) is 9.71 Å². The molecule has 0 unspecified atom stereocenters. The van der Waals surface area contributed by atoms with E-state index in [2.05, 4.69) is 15.6 Å². The lowest BCUT2D eigenvalue weighted by atomic mass is 10.2. The Bertz CT molecular complexity index is 434. The number of nitrogens with zero attached hydrogens (tertiary/aromatic N) is 1. The lowest BCUT2D eigenvalue weighted by Crippen LogP contribution is -2.27. The molecule has 1 rings (SSSR count). The summed E-state index contributed by atoms with van der Waals surface area (Å²) < 4.78 is 25.0. The van der Waals surface area contributed by atoms with E-state index in [0.29, 0.717) is 6.42 Å². The third-order valence-electron chi connectivity index (χ3n) is 1.80. The van der Waals surface area contributed by atoms with Crippen molar-refractivity contribution in [2.24, 2.45) is 0 Å². The third-order valence-corrected chi connectivity index (χ3v) is 3.13. The molecule has 0 amide bonds. The highest BCUT2D eigenvalue weighted by Crippen LogP contribution is 1.99. The smallest absolute Gasteiger partial charge is 0.212 e. The molecule has 0 aliphatic heterocycles. The van der Waals surface area contributed by atoms with Crippen molar-refractivity contribution in [2.45, 2.75) is 6.42 Å². The van der Waals surface area contributed by atoms with Crippen LogP contribution in [0, 0.1) is 12.3 Å². The van der Waals surface area contributed by atoms with Crippen molar-refractivity contribution in [1.29, 1.82) is 0 Å². The topological polar surface area (TPSA) is 59.1 Å². The zero-order valence-electron chi connectivity index (χ0n) is 8.18. The number of terminal acetylenes is 1. The molecule has 0 spiro atoms. The van der Waals surface area contributed by atoms with Gasteiger partial charge in [0.1, 0.15) is 0 Å². The highest BCUT2D eigenvalue weighted by atomic mass is 32.2. The van der Waals surface area contributed by atoms with E-state index in [9.17, 15) is 8.42 Å². The first kappa shape index (κ1) is 11.7. The number of sulfonamides is 1. The van der Waals surface area contributed by atoms with Crippen molar-refractivity contribution < 1.29 is 8.42 Å². The van der Waals surface area contributed by atoms with E-state index < -0.39 is 10.0 Å². The Kier molecular flexibility index (Phi) is 4.28. The van der Waals surface area contributed by atoms with Crippen LogP contribution in [0.5, 0.6) is 0 Å². The Morgan fingerprint density at radius 2 is 2.07 bits per heavy atom. The van der Waals surface area contributed by atoms with E-state index in [0.717, 1.165) is 5.56 Å². The Balaban J connectivity index is 2.47. The highest BCUT2D eigenvalue weighted by molar-refractivity contribution is 7.89. The van der Waals surface area contributed by atoms with Gasteiger partial charge in [-0.1, -0.05) is 5.92 Å². The van der Waals surface area contributed by atoms with Crippen LogP contribution in [0.15, 0.2) is 24.5 Å². The first-order chi connectivity index (χ1) is 7.14. The number of rotatable bonds is 5. The summed E-state index contributed by atoms with van der Waals surface area (Å²) in [5, 5.41) is 0. The van der Waals surface area contributed by atoms with E-state index >= 15 is 0 Å². The second kappa shape index (κ2) is 5.49. The maximum Gasteiger partial charge on any atom is 0.212 e. The van der Waals surface area contributed by atoms with Crippen LogP contribution in [0.2, 0.25) is 0 Å². The summed E-state index contributed by atoms with van der Waals surface area (Å²) in [6.45, 7) is 0.0404. The molecule has 0 radical (unpaired) electrons. The van der Waals surface area contributed by atoms with Gasteiger partial charge in [-0.2, -0.15) is 0 Å². The molecule has 0 aliphatic rings. The molecule has 1 heterocycles. The van der Waals surface area contributed by atoms with Crippen molar-refractivity contribution >= 4 is 10.0 Å². The van der Waals surface area contributed by atoms with Crippen LogP contribution in [0.4, 0.5) is 0 Å². The van der Waals surface area contributed by atoms with Crippen LogP contribution >= 0.6 is 0 Å². The largest absolute Gasteiger partial charge is 0.265 e. The molecule has 1 aromatic heterocycles. The lowest BCUT2D eigenvalue weighted by molar-refractivity contribution is 0.585. The molecule has 1 aromatic rings. The van der Waals surface area contributed by atoms with Gasteiger partial charge in [0.2, 0.25) is 10.0 Å². The summed E-state index contributed by atoms with van der Waals surface area (Å²) in [5.74, 6) is 2.26. The van der Waals surface area contributed by atoms with Crippen molar-refractivity contribution in [2.75, 3.05) is 12.3 Å². The van der Waals surface area contributed by atoms with E-state index in [4.69, 9.17) is 6.42 Å². The van der Waals surface area contributed by atoms with Gasteiger partial charge < -0.3 is 0 Å². The van der Waals surface area contributed by atoms with E-state index in [1.165, 1.54) is 0 Å². The van der Waals surface area contributed by atoms with Crippen molar-refractivity contribution in [3.8, 4) is 12.3 Å². The maximum atomic E-state index is 11.3. The summed E-state index contributed by atoms with van der Waals surface area (Å²) in [4.78, 5) is 3.85. The zero-order valence-corrected chi connectivity index (χ0v) is 9.00. The fraction of sp³-hybridized carbons (Fsp3) is 0.300. The van der Waals surface area contributed by atoms with Gasteiger partial charge in [-0.05, 0) is 24.1 Å². The fourth-order valence-electron chi connectivity index (χ4n) is 1.03. The first-order valence-corrected chi connectivity index (χ1v) is 6.09. The van der Waals surface area contributed by atoms with Gasteiger partial charge >= 0.3 is 0 Å². The maximum absolute atomic E-state index is 11.3. The molecule has 4 nitrogen and oxygen atoms in total. The summed E-state index contributed by atoms with van der Waals surface area (Å²) in [6.07, 6.45) is 8.69. The van der Waals surface area contributed by atoms with Crippen LogP contribution in [0.1, 0.15) is 5.56 Å². The molecule has 0 saturated carbocycles. The number of hydrogen-bond donors (Lipinski definition) is 1. The SMILES string of the molecule is C#CCNS(=O)(=O)CCc1ccncc1. The molecule has 5 heteroatoms. The minimum atomic E-state index is -3.25. The minimum Gasteiger partial charge on any atom is -0.265 e. The second-order valence-electron chi connectivity index (χ2n) is 2.95. The van der Waals surface area contributed by atoms with Crippen LogP contribution in [-0.4, -0.2) is 25.7 Å². The highest BCUT2D eigenvalue weighted by Gasteiger charge is 2.08. The zero-order chi connectivity index (χ0) is 11.1. The van der Waals surface area contributed by atoms with Gasteiger partial charge in [0, 0.05) is 12.4 Å². The molecular weight excluding hydrogens is 212 g/mol. The van der Waals surface area contributed by atoms with Crippen LogP contribution in [0.3, 0.4) is 0 Å². The molecule has 0 fully saturated rings. The Morgan fingerprint density at radius 1 is 1.40 bits per heavy atom. The van der Waals surface area contributed by atoms with Gasteiger partial charge in [0.25, 0.3) is 0 Å². The lowest BCUT2D eigenvalue weighted by Gasteiger charge is -2.03. The normalized spacial score (nSPS) is 10.9. The molecular formula is C10H12N2O2S. The van der Waals surface area contributed by atoms with Gasteiger partial charge in [-0.25, -0.2) is 13.1 Å². The van der Waals surface area contributed by atoms with Gasteiger partial charge in [-0.3, -0.25) is 4.98 Å². The van der Waals surface area contributed by atoms with Crippen molar-refractivity contribution in [3.05, 3.63) is 30.1 Å². The van der Waals surface area contributed by atoms with E-state index in [1.54, 1.807) is 24.5 Å². The summed E-state index contributed by atoms with van der Waals surface area (Å²) >= 11 is 0. The molecule has 80 valence electrons. The molecule has 0 saturated heterocycles. The fourth-order valence-corrected chi connectivity index (χ4v) is 1.98. The van der Waals surface area contributed by atoms with Crippen LogP contribution in [-0.2, 0) is 16.4 Å². The average Bonchev–Trinajstić information content (AvgIpc) is 2.25. The predicted octanol–water partition coefficient (Wildman–Crippen LogP) is 0.177. The van der Waals surface area contributed by atoms with Crippen LogP contribution < -0.4 is 4.72 Å². The van der Waals surface area contributed by atoms with E-state index in [-0.39, 0.29) is 12.3 Å². The number of pyridine rings is 1. The minimum absolute atomic E-state index is 0.0404. The number of aromatic nitrogens is 1. The molecule has 0 aliphatic carbocycles. The second-order valence-corrected chi connectivity index (χ2v) is 4.88. The molecule has 15 heavy (non-hydrogen) atoms. The number of hydrogen-bond acceptors (Lipinski definition) is 3. The monoisotopic (exact) mass is 224 g/mol. The number of nitrogens with one attached hydrogen (secondary N) is 1. The Morgan fingerprint density at radius 3 is 2.67 bits per heavy atom. The summed E-state index contributed by atoms with van der Waals surface area (Å²) in [5.41, 5.74) is 0.941. The van der Waals surface area contributed by atoms with Crippen LogP contribution in [0.25, 0.3) is 0 Å². The molecule has 1 N–H and O–H groups in total. The molecule has 0 atom stereocenters.